The van der Waals surface area contributed by atoms with E-state index in [-0.39, 0.29) is 12.0 Å². The molecule has 124 valence electrons. The lowest BCUT2D eigenvalue weighted by atomic mass is 10.2. The van der Waals surface area contributed by atoms with Crippen LogP contribution in [0.25, 0.3) is 0 Å². The van der Waals surface area contributed by atoms with Crippen molar-refractivity contribution in [3.05, 3.63) is 33.9 Å². The van der Waals surface area contributed by atoms with E-state index in [0.717, 1.165) is 0 Å². The molecular weight excluding hydrogens is 306 g/mol. The third-order valence-electron chi connectivity index (χ3n) is 3.39. The maximum Gasteiger partial charge on any atom is 0.269 e. The minimum Gasteiger partial charge on any atom is -0.493 e. The number of ether oxygens (including phenoxy) is 2. The minimum atomic E-state index is -0.863. The van der Waals surface area contributed by atoms with Gasteiger partial charge in [-0.25, -0.2) is 0 Å². The van der Waals surface area contributed by atoms with E-state index in [2.05, 4.69) is 10.9 Å². The highest BCUT2D eigenvalue weighted by molar-refractivity contribution is 5.96. The second kappa shape index (κ2) is 6.95. The summed E-state index contributed by atoms with van der Waals surface area (Å²) in [5.41, 5.74) is 4.67. The van der Waals surface area contributed by atoms with Gasteiger partial charge in [-0.2, -0.15) is 0 Å². The number of hydrogen-bond donors (Lipinski definition) is 2. The van der Waals surface area contributed by atoms with Crippen molar-refractivity contribution in [2.24, 2.45) is 5.92 Å². The Labute approximate surface area is 132 Å². The van der Waals surface area contributed by atoms with E-state index < -0.39 is 28.7 Å². The van der Waals surface area contributed by atoms with Crippen molar-refractivity contribution < 1.29 is 24.0 Å². The first-order valence-electron chi connectivity index (χ1n) is 7.02. The van der Waals surface area contributed by atoms with Crippen molar-refractivity contribution in [2.45, 2.75) is 19.4 Å². The fourth-order valence-corrected chi connectivity index (χ4v) is 2.06. The number of nitro groups is 1. The molecule has 0 radical (unpaired) electrons. The van der Waals surface area contributed by atoms with Crippen LogP contribution in [0.1, 0.15) is 23.7 Å². The molecule has 2 rings (SSSR count). The van der Waals surface area contributed by atoms with Crippen molar-refractivity contribution in [1.82, 2.24) is 10.9 Å². The molecule has 9 nitrogen and oxygen atoms in total. The molecule has 2 N–H and O–H groups in total. The molecule has 1 fully saturated rings. The van der Waals surface area contributed by atoms with E-state index in [1.165, 1.54) is 19.2 Å². The second-order valence-electron chi connectivity index (χ2n) is 4.94. The molecule has 1 aromatic carbocycles. The lowest BCUT2D eigenvalue weighted by Crippen LogP contribution is -2.43. The number of nitrogens with zero attached hydrogens (tertiary/aromatic N) is 1. The van der Waals surface area contributed by atoms with Crippen molar-refractivity contribution in [2.75, 3.05) is 13.7 Å². The molecule has 23 heavy (non-hydrogen) atoms. The maximum absolute atomic E-state index is 12.0. The molecule has 0 spiro atoms. The highest BCUT2D eigenvalue weighted by Gasteiger charge is 2.53. The first-order valence-corrected chi connectivity index (χ1v) is 7.02. The van der Waals surface area contributed by atoms with Crippen LogP contribution < -0.4 is 20.3 Å². The van der Waals surface area contributed by atoms with Crippen LogP contribution in [0.4, 0.5) is 0 Å². The molecule has 0 saturated heterocycles. The number of hydrogen-bond acceptors (Lipinski definition) is 6. The van der Waals surface area contributed by atoms with Gasteiger partial charge in [0.15, 0.2) is 11.5 Å². The Kier molecular flexibility index (Phi) is 4.99. The number of carbonyl (C=O) groups is 2. The molecule has 0 aliphatic heterocycles. The molecule has 1 aliphatic rings. The first kappa shape index (κ1) is 16.5. The van der Waals surface area contributed by atoms with Gasteiger partial charge in [0.1, 0.15) is 5.92 Å². The number of methoxy groups -OCH3 is 1. The number of hydrazine groups is 1. The molecule has 1 aromatic rings. The Hall–Kier alpha value is -2.84. The monoisotopic (exact) mass is 323 g/mol. The Morgan fingerprint density at radius 2 is 2.09 bits per heavy atom. The van der Waals surface area contributed by atoms with Crippen molar-refractivity contribution in [3.8, 4) is 11.5 Å². The zero-order valence-electron chi connectivity index (χ0n) is 12.7. The fourth-order valence-electron chi connectivity index (χ4n) is 2.06. The predicted octanol–water partition coefficient (Wildman–Crippen LogP) is 0.520. The summed E-state index contributed by atoms with van der Waals surface area (Å²) in [6.07, 6.45) is 0.186. The quantitative estimate of drug-likeness (QED) is 0.582. The SMILES string of the molecule is CCOc1ccc(C(=O)NNC(=O)C2CC2[N+](=O)[O-])cc1OC. The summed E-state index contributed by atoms with van der Waals surface area (Å²) in [7, 11) is 1.45. The van der Waals surface area contributed by atoms with Crippen LogP contribution in [0.15, 0.2) is 18.2 Å². The first-order chi connectivity index (χ1) is 11.0. The van der Waals surface area contributed by atoms with Gasteiger partial charge in [-0.1, -0.05) is 0 Å². The average Bonchev–Trinajstić information content (AvgIpc) is 3.33. The summed E-state index contributed by atoms with van der Waals surface area (Å²) in [5, 5.41) is 10.5. The van der Waals surface area contributed by atoms with Gasteiger partial charge in [-0.3, -0.25) is 30.6 Å². The van der Waals surface area contributed by atoms with Crippen LogP contribution >= 0.6 is 0 Å². The lowest BCUT2D eigenvalue weighted by molar-refractivity contribution is -0.497. The highest BCUT2D eigenvalue weighted by Crippen LogP contribution is 2.32. The van der Waals surface area contributed by atoms with Crippen LogP contribution in [-0.2, 0) is 4.79 Å². The van der Waals surface area contributed by atoms with Gasteiger partial charge in [-0.05, 0) is 25.1 Å². The Bertz CT molecular complexity index is 633. The number of nitrogens with one attached hydrogen (secondary N) is 2. The van der Waals surface area contributed by atoms with Crippen LogP contribution in [-0.4, -0.2) is 36.5 Å². The van der Waals surface area contributed by atoms with Crippen LogP contribution in [0.3, 0.4) is 0 Å². The number of benzene rings is 1. The van der Waals surface area contributed by atoms with E-state index in [9.17, 15) is 19.7 Å². The Morgan fingerprint density at radius 1 is 1.35 bits per heavy atom. The van der Waals surface area contributed by atoms with Gasteiger partial charge in [0.25, 0.3) is 5.91 Å². The molecule has 0 aromatic heterocycles. The Balaban J connectivity index is 1.93. The zero-order valence-corrected chi connectivity index (χ0v) is 12.7. The lowest BCUT2D eigenvalue weighted by Gasteiger charge is -2.11. The third kappa shape index (κ3) is 3.87. The van der Waals surface area contributed by atoms with E-state index in [1.807, 2.05) is 6.92 Å². The summed E-state index contributed by atoms with van der Waals surface area (Å²) in [6.45, 7) is 2.28. The Morgan fingerprint density at radius 3 is 2.65 bits per heavy atom. The summed E-state index contributed by atoms with van der Waals surface area (Å²) < 4.78 is 10.5. The van der Waals surface area contributed by atoms with Gasteiger partial charge in [-0.15, -0.1) is 0 Å². The summed E-state index contributed by atoms with van der Waals surface area (Å²) >= 11 is 0. The summed E-state index contributed by atoms with van der Waals surface area (Å²) in [4.78, 5) is 33.6. The van der Waals surface area contributed by atoms with Crippen LogP contribution in [0.5, 0.6) is 11.5 Å². The van der Waals surface area contributed by atoms with Crippen LogP contribution in [0.2, 0.25) is 0 Å². The average molecular weight is 323 g/mol. The second-order valence-corrected chi connectivity index (χ2v) is 4.94. The van der Waals surface area contributed by atoms with Crippen molar-refractivity contribution in [1.29, 1.82) is 0 Å². The standard InChI is InChI=1S/C14H17N3O6/c1-3-23-11-5-4-8(6-12(11)22-2)13(18)15-16-14(19)9-7-10(9)17(20)21/h4-6,9-10H,3,7H2,1-2H3,(H,15,18)(H,16,19). The smallest absolute Gasteiger partial charge is 0.269 e. The molecule has 2 atom stereocenters. The molecule has 2 amide bonds. The highest BCUT2D eigenvalue weighted by atomic mass is 16.6. The zero-order chi connectivity index (χ0) is 17.0. The van der Waals surface area contributed by atoms with E-state index >= 15 is 0 Å². The van der Waals surface area contributed by atoms with Gasteiger partial charge in [0.05, 0.1) is 13.7 Å². The van der Waals surface area contributed by atoms with Crippen molar-refractivity contribution in [3.63, 3.8) is 0 Å². The third-order valence-corrected chi connectivity index (χ3v) is 3.39. The van der Waals surface area contributed by atoms with Gasteiger partial charge >= 0.3 is 0 Å². The largest absolute Gasteiger partial charge is 0.493 e. The molecule has 1 aliphatic carbocycles. The molecule has 2 unspecified atom stereocenters. The fraction of sp³-hybridized carbons (Fsp3) is 0.429. The molecule has 0 bridgehead atoms. The molecule has 9 heteroatoms. The minimum absolute atomic E-state index is 0.186. The van der Waals surface area contributed by atoms with Gasteiger partial charge < -0.3 is 9.47 Å². The molecular formula is C14H17N3O6. The number of amides is 2. The van der Waals surface area contributed by atoms with E-state index in [4.69, 9.17) is 9.47 Å². The molecule has 1 saturated carbocycles. The topological polar surface area (TPSA) is 120 Å². The summed E-state index contributed by atoms with van der Waals surface area (Å²) in [6, 6.07) is 3.72. The predicted molar refractivity (Wildman–Crippen MR) is 78.7 cm³/mol. The maximum atomic E-state index is 12.0. The summed E-state index contributed by atoms with van der Waals surface area (Å²) in [5.74, 6) is -0.931. The van der Waals surface area contributed by atoms with Crippen molar-refractivity contribution >= 4 is 11.8 Å². The van der Waals surface area contributed by atoms with Crippen LogP contribution in [0, 0.1) is 16.0 Å². The van der Waals surface area contributed by atoms with Gasteiger partial charge in [0, 0.05) is 16.9 Å². The number of carbonyl (C=O) groups excluding carboxylic acids is 2. The van der Waals surface area contributed by atoms with Gasteiger partial charge in [0.2, 0.25) is 11.9 Å². The molecule has 0 heterocycles. The van der Waals surface area contributed by atoms with E-state index in [1.54, 1.807) is 6.07 Å². The normalized spacial score (nSPS) is 18.7. The van der Waals surface area contributed by atoms with E-state index in [0.29, 0.717) is 18.1 Å². The number of rotatable bonds is 6.